The molecule has 1 aliphatic rings. The van der Waals surface area contributed by atoms with Crippen molar-refractivity contribution in [2.45, 2.75) is 18.9 Å². The van der Waals surface area contributed by atoms with Gasteiger partial charge >= 0.3 is 0 Å². The number of rotatable bonds is 4. The SMILES string of the molecule is N/C(=N/O)c1ccc(OCC2CCCO2)cn1. The van der Waals surface area contributed by atoms with Crippen molar-refractivity contribution in [3.05, 3.63) is 24.0 Å². The summed E-state index contributed by atoms with van der Waals surface area (Å²) >= 11 is 0. The second-order valence-electron chi connectivity index (χ2n) is 3.81. The molecule has 1 aromatic heterocycles. The molecule has 0 bridgehead atoms. The van der Waals surface area contributed by atoms with Crippen molar-refractivity contribution in [1.29, 1.82) is 0 Å². The molecule has 17 heavy (non-hydrogen) atoms. The number of hydrogen-bond acceptors (Lipinski definition) is 5. The predicted octanol–water partition coefficient (Wildman–Crippen LogP) is 0.734. The third-order valence-electron chi connectivity index (χ3n) is 2.57. The molecular formula is C11H15N3O3. The first-order chi connectivity index (χ1) is 8.29. The van der Waals surface area contributed by atoms with E-state index in [-0.39, 0.29) is 11.9 Å². The molecule has 1 fully saturated rings. The van der Waals surface area contributed by atoms with Crippen LogP contribution in [0.1, 0.15) is 18.5 Å². The second kappa shape index (κ2) is 5.49. The third kappa shape index (κ3) is 3.07. The van der Waals surface area contributed by atoms with Crippen molar-refractivity contribution in [3.8, 4) is 5.75 Å². The van der Waals surface area contributed by atoms with Crippen LogP contribution in [0, 0.1) is 0 Å². The molecule has 3 N–H and O–H groups in total. The molecule has 1 unspecified atom stereocenters. The van der Waals surface area contributed by atoms with Crippen LogP contribution in [0.5, 0.6) is 5.75 Å². The Morgan fingerprint density at radius 1 is 1.65 bits per heavy atom. The van der Waals surface area contributed by atoms with Gasteiger partial charge in [0.1, 0.15) is 18.1 Å². The minimum Gasteiger partial charge on any atom is -0.489 e. The smallest absolute Gasteiger partial charge is 0.188 e. The fourth-order valence-electron chi connectivity index (χ4n) is 1.63. The number of hydrogen-bond donors (Lipinski definition) is 2. The van der Waals surface area contributed by atoms with Crippen LogP contribution in [-0.2, 0) is 4.74 Å². The Morgan fingerprint density at radius 2 is 2.53 bits per heavy atom. The summed E-state index contributed by atoms with van der Waals surface area (Å²) in [5, 5.41) is 11.3. The Hall–Kier alpha value is -1.82. The standard InChI is InChI=1S/C11H15N3O3/c12-11(14-15)10-4-3-8(6-13-10)17-7-9-2-1-5-16-9/h3-4,6,9,15H,1-2,5,7H2,(H2,12,14). The maximum Gasteiger partial charge on any atom is 0.188 e. The van der Waals surface area contributed by atoms with Crippen molar-refractivity contribution in [2.75, 3.05) is 13.2 Å². The van der Waals surface area contributed by atoms with E-state index in [9.17, 15) is 0 Å². The van der Waals surface area contributed by atoms with Crippen molar-refractivity contribution in [2.24, 2.45) is 10.9 Å². The fraction of sp³-hybridized carbons (Fsp3) is 0.455. The summed E-state index contributed by atoms with van der Waals surface area (Å²) in [6, 6.07) is 3.37. The average molecular weight is 237 g/mol. The largest absolute Gasteiger partial charge is 0.489 e. The summed E-state index contributed by atoms with van der Waals surface area (Å²) in [5.74, 6) is 0.630. The number of nitrogens with zero attached hydrogens (tertiary/aromatic N) is 2. The molecule has 1 aromatic rings. The van der Waals surface area contributed by atoms with Crippen molar-refractivity contribution < 1.29 is 14.7 Å². The monoisotopic (exact) mass is 237 g/mol. The Kier molecular flexibility index (Phi) is 3.77. The zero-order valence-corrected chi connectivity index (χ0v) is 9.37. The Balaban J connectivity index is 1.89. The highest BCUT2D eigenvalue weighted by Crippen LogP contribution is 2.15. The van der Waals surface area contributed by atoms with E-state index in [1.807, 2.05) is 0 Å². The number of oxime groups is 1. The molecule has 0 saturated carbocycles. The molecule has 6 nitrogen and oxygen atoms in total. The van der Waals surface area contributed by atoms with Gasteiger partial charge in [0.05, 0.1) is 12.3 Å². The van der Waals surface area contributed by atoms with E-state index in [4.69, 9.17) is 20.4 Å². The molecule has 0 aliphatic carbocycles. The van der Waals surface area contributed by atoms with Crippen LogP contribution in [0.15, 0.2) is 23.5 Å². The van der Waals surface area contributed by atoms with Crippen LogP contribution in [0.4, 0.5) is 0 Å². The van der Waals surface area contributed by atoms with E-state index in [2.05, 4.69) is 10.1 Å². The summed E-state index contributed by atoms with van der Waals surface area (Å²) in [7, 11) is 0. The number of amidine groups is 1. The average Bonchev–Trinajstić information content (AvgIpc) is 2.89. The van der Waals surface area contributed by atoms with Crippen molar-refractivity contribution in [3.63, 3.8) is 0 Å². The van der Waals surface area contributed by atoms with Gasteiger partial charge in [-0.05, 0) is 25.0 Å². The Labute approximate surface area is 99.0 Å². The Morgan fingerprint density at radius 3 is 3.12 bits per heavy atom. The van der Waals surface area contributed by atoms with Gasteiger partial charge in [0.2, 0.25) is 0 Å². The van der Waals surface area contributed by atoms with Crippen LogP contribution in [0.3, 0.4) is 0 Å². The summed E-state index contributed by atoms with van der Waals surface area (Å²) in [4.78, 5) is 4.01. The highest BCUT2D eigenvalue weighted by Gasteiger charge is 2.15. The minimum atomic E-state index is -0.0179. The van der Waals surface area contributed by atoms with Gasteiger partial charge in [0.25, 0.3) is 0 Å². The number of nitrogens with two attached hydrogens (primary N) is 1. The van der Waals surface area contributed by atoms with Crippen LogP contribution in [0.2, 0.25) is 0 Å². The quantitative estimate of drug-likeness (QED) is 0.349. The van der Waals surface area contributed by atoms with Crippen molar-refractivity contribution >= 4 is 5.84 Å². The minimum absolute atomic E-state index is 0.0179. The van der Waals surface area contributed by atoms with Gasteiger partial charge in [0.15, 0.2) is 5.84 Å². The molecular weight excluding hydrogens is 222 g/mol. The molecule has 2 rings (SSSR count). The van der Waals surface area contributed by atoms with Gasteiger partial charge in [-0.3, -0.25) is 0 Å². The zero-order chi connectivity index (χ0) is 12.1. The lowest BCUT2D eigenvalue weighted by molar-refractivity contribution is 0.0678. The van der Waals surface area contributed by atoms with Gasteiger partial charge in [-0.25, -0.2) is 4.98 Å². The van der Waals surface area contributed by atoms with Crippen LogP contribution in [0.25, 0.3) is 0 Å². The predicted molar refractivity (Wildman–Crippen MR) is 61.2 cm³/mol. The van der Waals surface area contributed by atoms with Gasteiger partial charge in [-0.2, -0.15) is 0 Å². The van der Waals surface area contributed by atoms with E-state index in [0.717, 1.165) is 19.4 Å². The number of pyridine rings is 1. The first kappa shape index (κ1) is 11.7. The Bertz CT molecular complexity index is 385. The van der Waals surface area contributed by atoms with Gasteiger partial charge in [-0.15, -0.1) is 0 Å². The maximum absolute atomic E-state index is 8.48. The summed E-state index contributed by atoms with van der Waals surface area (Å²) < 4.78 is 11.0. The summed E-state index contributed by atoms with van der Waals surface area (Å²) in [6.07, 6.45) is 3.85. The summed E-state index contributed by atoms with van der Waals surface area (Å²) in [5.41, 5.74) is 5.81. The number of ether oxygens (including phenoxy) is 2. The van der Waals surface area contributed by atoms with E-state index in [0.29, 0.717) is 18.1 Å². The van der Waals surface area contributed by atoms with Crippen LogP contribution >= 0.6 is 0 Å². The second-order valence-corrected chi connectivity index (χ2v) is 3.81. The normalized spacial score (nSPS) is 20.5. The van der Waals surface area contributed by atoms with Gasteiger partial charge < -0.3 is 20.4 Å². The molecule has 6 heteroatoms. The van der Waals surface area contributed by atoms with Gasteiger partial charge in [0, 0.05) is 6.61 Å². The van der Waals surface area contributed by atoms with Gasteiger partial charge in [-0.1, -0.05) is 5.16 Å². The highest BCUT2D eigenvalue weighted by molar-refractivity contribution is 5.95. The van der Waals surface area contributed by atoms with Crippen molar-refractivity contribution in [1.82, 2.24) is 4.98 Å². The van der Waals surface area contributed by atoms with Crippen LogP contribution in [-0.4, -0.2) is 35.3 Å². The molecule has 0 amide bonds. The molecule has 1 atom stereocenters. The first-order valence-corrected chi connectivity index (χ1v) is 5.48. The maximum atomic E-state index is 8.48. The third-order valence-corrected chi connectivity index (χ3v) is 2.57. The fourth-order valence-corrected chi connectivity index (χ4v) is 1.63. The van der Waals surface area contributed by atoms with E-state index in [1.54, 1.807) is 18.3 Å². The zero-order valence-electron chi connectivity index (χ0n) is 9.37. The lowest BCUT2D eigenvalue weighted by atomic mass is 10.2. The van der Waals surface area contributed by atoms with E-state index in [1.165, 1.54) is 0 Å². The molecule has 0 radical (unpaired) electrons. The van der Waals surface area contributed by atoms with Crippen LogP contribution < -0.4 is 10.5 Å². The summed E-state index contributed by atoms with van der Waals surface area (Å²) in [6.45, 7) is 1.35. The lowest BCUT2D eigenvalue weighted by Gasteiger charge is -2.11. The topological polar surface area (TPSA) is 90.0 Å². The van der Waals surface area contributed by atoms with E-state index >= 15 is 0 Å². The highest BCUT2D eigenvalue weighted by atomic mass is 16.5. The molecule has 92 valence electrons. The molecule has 0 spiro atoms. The molecule has 2 heterocycles. The first-order valence-electron chi connectivity index (χ1n) is 5.48. The lowest BCUT2D eigenvalue weighted by Crippen LogP contribution is -2.17. The van der Waals surface area contributed by atoms with E-state index < -0.39 is 0 Å². The molecule has 1 aliphatic heterocycles. The molecule has 1 saturated heterocycles. The molecule has 0 aromatic carbocycles. The number of aromatic nitrogens is 1.